The van der Waals surface area contributed by atoms with Crippen LogP contribution in [-0.2, 0) is 20.6 Å². The fraction of sp³-hybridized carbons (Fsp3) is 0.321. The van der Waals surface area contributed by atoms with E-state index in [-0.39, 0.29) is 16.5 Å². The Kier molecular flexibility index (Phi) is 11.3. The summed E-state index contributed by atoms with van der Waals surface area (Å²) in [6, 6.07) is 17.4. The van der Waals surface area contributed by atoms with Gasteiger partial charge in [-0.25, -0.2) is 12.8 Å². The van der Waals surface area contributed by atoms with E-state index in [2.05, 4.69) is 5.32 Å². The summed E-state index contributed by atoms with van der Waals surface area (Å²) in [5, 5.41) is 2.79. The van der Waals surface area contributed by atoms with E-state index in [1.165, 1.54) is 38.5 Å². The van der Waals surface area contributed by atoms with E-state index >= 15 is 0 Å². The van der Waals surface area contributed by atoms with Crippen molar-refractivity contribution in [3.8, 4) is 17.2 Å². The van der Waals surface area contributed by atoms with Gasteiger partial charge in [0.05, 0.1) is 31.4 Å². The molecule has 3 aromatic rings. The van der Waals surface area contributed by atoms with Crippen molar-refractivity contribution in [1.82, 2.24) is 5.32 Å². The van der Waals surface area contributed by atoms with Crippen molar-refractivity contribution in [1.29, 1.82) is 0 Å². The van der Waals surface area contributed by atoms with E-state index in [4.69, 9.17) is 14.2 Å². The Labute approximate surface area is 233 Å². The molecule has 0 saturated heterocycles. The number of hydrogen-bond acceptors (Lipinski definition) is 7. The van der Waals surface area contributed by atoms with Crippen LogP contribution in [0.4, 0.5) is 10.1 Å². The fourth-order valence-electron chi connectivity index (χ4n) is 3.68. The Hall–Kier alpha value is -3.44. The summed E-state index contributed by atoms with van der Waals surface area (Å²) in [4.78, 5) is 12.8. The summed E-state index contributed by atoms with van der Waals surface area (Å²) in [5.41, 5.74) is 0.946. The number of ether oxygens (including phenoxy) is 3. The lowest BCUT2D eigenvalue weighted by molar-refractivity contribution is -0.119. The highest BCUT2D eigenvalue weighted by Gasteiger charge is 2.28. The SMILES string of the molecule is CCOc1ccc(N(CC(=O)NCCCSCc2ccccc2F)S(=O)(=O)c2ccc(OC)c(OC)c2)cc1. The molecule has 0 aliphatic rings. The molecular formula is C28H33FN2O6S2. The minimum Gasteiger partial charge on any atom is -0.494 e. The Morgan fingerprint density at radius 1 is 1.00 bits per heavy atom. The topological polar surface area (TPSA) is 94.2 Å². The van der Waals surface area contributed by atoms with Crippen molar-refractivity contribution in [2.24, 2.45) is 0 Å². The quantitative estimate of drug-likeness (QED) is 0.258. The van der Waals surface area contributed by atoms with E-state index in [1.54, 1.807) is 54.2 Å². The van der Waals surface area contributed by atoms with Gasteiger partial charge < -0.3 is 19.5 Å². The molecule has 0 aliphatic carbocycles. The van der Waals surface area contributed by atoms with Crippen molar-refractivity contribution in [2.75, 3.05) is 44.0 Å². The summed E-state index contributed by atoms with van der Waals surface area (Å²) in [6.45, 7) is 2.25. The van der Waals surface area contributed by atoms with E-state index in [9.17, 15) is 17.6 Å². The summed E-state index contributed by atoms with van der Waals surface area (Å²) in [6.07, 6.45) is 0.649. The molecule has 1 N–H and O–H groups in total. The molecule has 3 rings (SSSR count). The highest BCUT2D eigenvalue weighted by molar-refractivity contribution is 7.98. The number of halogens is 1. The number of sulfonamides is 1. The molecule has 0 saturated carbocycles. The van der Waals surface area contributed by atoms with Crippen molar-refractivity contribution in [2.45, 2.75) is 24.0 Å². The van der Waals surface area contributed by atoms with Gasteiger partial charge in [-0.3, -0.25) is 9.10 Å². The highest BCUT2D eigenvalue weighted by Crippen LogP contribution is 2.32. The summed E-state index contributed by atoms with van der Waals surface area (Å²) >= 11 is 1.56. The molecule has 0 fully saturated rings. The van der Waals surface area contributed by atoms with Crippen LogP contribution in [0.2, 0.25) is 0 Å². The Morgan fingerprint density at radius 2 is 1.72 bits per heavy atom. The maximum atomic E-state index is 13.7. The normalized spacial score (nSPS) is 11.1. The summed E-state index contributed by atoms with van der Waals surface area (Å²) in [5.74, 6) is 1.78. The van der Waals surface area contributed by atoms with Crippen LogP contribution in [0.1, 0.15) is 18.9 Å². The monoisotopic (exact) mass is 576 g/mol. The van der Waals surface area contributed by atoms with Crippen LogP contribution in [0.15, 0.2) is 71.6 Å². The van der Waals surface area contributed by atoms with Gasteiger partial charge in [-0.2, -0.15) is 11.8 Å². The van der Waals surface area contributed by atoms with Crippen LogP contribution in [0, 0.1) is 5.82 Å². The molecule has 3 aromatic carbocycles. The first-order valence-corrected chi connectivity index (χ1v) is 14.9. The van der Waals surface area contributed by atoms with Crippen molar-refractivity contribution in [3.63, 3.8) is 0 Å². The second-order valence-corrected chi connectivity index (χ2v) is 11.3. The molecule has 0 radical (unpaired) electrons. The van der Waals surface area contributed by atoms with Gasteiger partial charge in [-0.05, 0) is 67.1 Å². The maximum Gasteiger partial charge on any atom is 0.264 e. The van der Waals surface area contributed by atoms with Crippen molar-refractivity contribution >= 4 is 33.4 Å². The first kappa shape index (κ1) is 30.1. The summed E-state index contributed by atoms with van der Waals surface area (Å²) in [7, 11) is -1.27. The Balaban J connectivity index is 1.69. The number of carbonyl (C=O) groups is 1. The van der Waals surface area contributed by atoms with E-state index in [0.29, 0.717) is 53.8 Å². The first-order chi connectivity index (χ1) is 18.8. The molecule has 39 heavy (non-hydrogen) atoms. The lowest BCUT2D eigenvalue weighted by Gasteiger charge is -2.24. The minimum absolute atomic E-state index is 0.0496. The molecule has 0 atom stereocenters. The van der Waals surface area contributed by atoms with E-state index < -0.39 is 22.5 Å². The number of hydrogen-bond donors (Lipinski definition) is 1. The van der Waals surface area contributed by atoms with Crippen molar-refractivity contribution < 1.29 is 31.8 Å². The predicted octanol–water partition coefficient (Wildman–Crippen LogP) is 4.88. The smallest absolute Gasteiger partial charge is 0.264 e. The summed E-state index contributed by atoms with van der Waals surface area (Å²) < 4.78 is 58.2. The van der Waals surface area contributed by atoms with Crippen LogP contribution in [0.3, 0.4) is 0 Å². The van der Waals surface area contributed by atoms with Gasteiger partial charge in [0.1, 0.15) is 18.1 Å². The highest BCUT2D eigenvalue weighted by atomic mass is 32.2. The predicted molar refractivity (Wildman–Crippen MR) is 152 cm³/mol. The molecule has 0 heterocycles. The van der Waals surface area contributed by atoms with Crippen LogP contribution < -0.4 is 23.8 Å². The zero-order chi connectivity index (χ0) is 28.3. The molecular weight excluding hydrogens is 543 g/mol. The number of nitrogens with zero attached hydrogens (tertiary/aromatic N) is 1. The maximum absolute atomic E-state index is 13.7. The number of rotatable bonds is 15. The van der Waals surface area contributed by atoms with Crippen LogP contribution >= 0.6 is 11.8 Å². The second-order valence-electron chi connectivity index (χ2n) is 8.30. The average Bonchev–Trinajstić information content (AvgIpc) is 2.94. The number of anilines is 1. The third-order valence-electron chi connectivity index (χ3n) is 5.67. The van der Waals surface area contributed by atoms with Crippen LogP contribution in [-0.4, -0.2) is 54.0 Å². The Morgan fingerprint density at radius 3 is 2.38 bits per heavy atom. The molecule has 0 bridgehead atoms. The number of benzene rings is 3. The standard InChI is InChI=1S/C28H33FN2O6S2/c1-4-37-23-12-10-22(11-13-23)31(39(33,34)24-14-15-26(35-2)27(18-24)36-3)19-28(32)30-16-7-17-38-20-21-8-5-6-9-25(21)29/h5-6,8-15,18H,4,7,16-17,19-20H2,1-3H3,(H,30,32). The van der Waals surface area contributed by atoms with E-state index in [1.807, 2.05) is 6.92 Å². The van der Waals surface area contributed by atoms with E-state index in [0.717, 1.165) is 4.31 Å². The number of nitrogens with one attached hydrogen (secondary N) is 1. The van der Waals surface area contributed by atoms with Gasteiger partial charge in [-0.1, -0.05) is 18.2 Å². The van der Waals surface area contributed by atoms with Gasteiger partial charge in [0.2, 0.25) is 5.91 Å². The number of thioether (sulfide) groups is 1. The average molecular weight is 577 g/mol. The van der Waals surface area contributed by atoms with Crippen LogP contribution in [0.5, 0.6) is 17.2 Å². The number of methoxy groups -OCH3 is 2. The molecule has 11 heteroatoms. The van der Waals surface area contributed by atoms with Gasteiger partial charge in [0.25, 0.3) is 10.0 Å². The third-order valence-corrected chi connectivity index (χ3v) is 8.53. The number of carbonyl (C=O) groups excluding carboxylic acids is 1. The largest absolute Gasteiger partial charge is 0.494 e. The third kappa shape index (κ3) is 8.27. The molecule has 8 nitrogen and oxygen atoms in total. The zero-order valence-electron chi connectivity index (χ0n) is 22.2. The molecule has 0 aliphatic heterocycles. The Bertz CT molecular complexity index is 1340. The fourth-order valence-corrected chi connectivity index (χ4v) is 6.06. The molecule has 0 unspecified atom stereocenters. The zero-order valence-corrected chi connectivity index (χ0v) is 23.8. The second kappa shape index (κ2) is 14.6. The molecule has 210 valence electrons. The molecule has 1 amide bonds. The van der Waals surface area contributed by atoms with Gasteiger partial charge in [0.15, 0.2) is 11.5 Å². The van der Waals surface area contributed by atoms with Gasteiger partial charge in [-0.15, -0.1) is 0 Å². The molecule has 0 spiro atoms. The van der Waals surface area contributed by atoms with Crippen molar-refractivity contribution in [3.05, 3.63) is 78.1 Å². The van der Waals surface area contributed by atoms with Gasteiger partial charge in [0, 0.05) is 18.4 Å². The lowest BCUT2D eigenvalue weighted by atomic mass is 10.2. The minimum atomic E-state index is -4.15. The number of amides is 1. The van der Waals surface area contributed by atoms with Crippen LogP contribution in [0.25, 0.3) is 0 Å². The first-order valence-electron chi connectivity index (χ1n) is 12.4. The lowest BCUT2D eigenvalue weighted by Crippen LogP contribution is -2.41. The molecule has 0 aromatic heterocycles. The van der Waals surface area contributed by atoms with Gasteiger partial charge >= 0.3 is 0 Å².